The molecule has 1 heterocycles. The van der Waals surface area contributed by atoms with E-state index in [0.717, 1.165) is 24.6 Å². The minimum atomic E-state index is -3.89. The van der Waals surface area contributed by atoms with E-state index >= 15 is 0 Å². The van der Waals surface area contributed by atoms with E-state index in [1.54, 1.807) is 6.07 Å². The molecule has 1 aromatic heterocycles. The normalized spacial score (nSPS) is 14.5. The fourth-order valence-electron chi connectivity index (χ4n) is 2.41. The van der Waals surface area contributed by atoms with Gasteiger partial charge in [0, 0.05) is 18.5 Å². The molecule has 1 N–H and O–H groups in total. The zero-order chi connectivity index (χ0) is 18.0. The van der Waals surface area contributed by atoms with Gasteiger partial charge in [0.2, 0.25) is 10.0 Å². The van der Waals surface area contributed by atoms with Crippen LogP contribution in [0.3, 0.4) is 0 Å². The molecule has 0 bridgehead atoms. The molecule has 0 amide bonds. The first-order valence-electron chi connectivity index (χ1n) is 7.82. The molecule has 134 valence electrons. The van der Waals surface area contributed by atoms with Crippen molar-refractivity contribution in [1.29, 1.82) is 0 Å². The molecule has 0 aliphatic heterocycles. The Kier molecular flexibility index (Phi) is 4.87. The third-order valence-electron chi connectivity index (χ3n) is 3.93. The van der Waals surface area contributed by atoms with Crippen molar-refractivity contribution in [2.24, 2.45) is 0 Å². The van der Waals surface area contributed by atoms with Crippen molar-refractivity contribution in [3.8, 4) is 5.75 Å². The van der Waals surface area contributed by atoms with Gasteiger partial charge in [-0.2, -0.15) is 5.10 Å². The summed E-state index contributed by atoms with van der Waals surface area (Å²) >= 11 is 0. The van der Waals surface area contributed by atoms with Crippen LogP contribution in [-0.2, 0) is 16.6 Å². The fourth-order valence-corrected chi connectivity index (χ4v) is 3.44. The molecular formula is C16H18FN3O4S. The predicted molar refractivity (Wildman–Crippen MR) is 88.6 cm³/mol. The number of sulfonamides is 1. The van der Waals surface area contributed by atoms with Crippen molar-refractivity contribution < 1.29 is 17.5 Å². The molecule has 1 aromatic carbocycles. The van der Waals surface area contributed by atoms with Crippen LogP contribution < -0.4 is 15.0 Å². The Morgan fingerprint density at radius 3 is 2.72 bits per heavy atom. The van der Waals surface area contributed by atoms with Gasteiger partial charge in [0.05, 0.1) is 24.2 Å². The Balaban J connectivity index is 1.67. The zero-order valence-corrected chi connectivity index (χ0v) is 14.4. The zero-order valence-electron chi connectivity index (χ0n) is 13.6. The van der Waals surface area contributed by atoms with Crippen molar-refractivity contribution >= 4 is 10.0 Å². The average Bonchev–Trinajstić information content (AvgIpc) is 3.41. The summed E-state index contributed by atoms with van der Waals surface area (Å²) in [6, 6.07) is 6.53. The first-order chi connectivity index (χ1) is 11.9. The maximum absolute atomic E-state index is 13.7. The SMILES string of the molecule is COc1ccc(S(=O)(=O)NCCn2nc(C3CC3)ccc2=O)cc1F. The van der Waals surface area contributed by atoms with E-state index in [0.29, 0.717) is 5.92 Å². The number of rotatable bonds is 7. The number of hydrogen-bond donors (Lipinski definition) is 1. The number of benzene rings is 1. The van der Waals surface area contributed by atoms with Gasteiger partial charge in [-0.25, -0.2) is 22.2 Å². The Morgan fingerprint density at radius 1 is 1.32 bits per heavy atom. The highest BCUT2D eigenvalue weighted by Crippen LogP contribution is 2.38. The second-order valence-corrected chi connectivity index (χ2v) is 7.55. The lowest BCUT2D eigenvalue weighted by atomic mass is 10.3. The largest absolute Gasteiger partial charge is 0.494 e. The highest BCUT2D eigenvalue weighted by Gasteiger charge is 2.25. The molecule has 0 saturated heterocycles. The molecular weight excluding hydrogens is 349 g/mol. The van der Waals surface area contributed by atoms with Crippen LogP contribution in [0.1, 0.15) is 24.5 Å². The van der Waals surface area contributed by atoms with Crippen LogP contribution in [0.15, 0.2) is 40.0 Å². The Labute approximate surface area is 144 Å². The Bertz CT molecular complexity index is 939. The molecule has 3 rings (SSSR count). The summed E-state index contributed by atoms with van der Waals surface area (Å²) in [5.41, 5.74) is 0.554. The molecule has 0 atom stereocenters. The number of halogens is 1. The lowest BCUT2D eigenvalue weighted by molar-refractivity contribution is 0.385. The fraction of sp³-hybridized carbons (Fsp3) is 0.375. The van der Waals surface area contributed by atoms with Crippen LogP contribution in [0.5, 0.6) is 5.75 Å². The summed E-state index contributed by atoms with van der Waals surface area (Å²) in [6.07, 6.45) is 2.11. The molecule has 0 unspecified atom stereocenters. The summed E-state index contributed by atoms with van der Waals surface area (Å²) < 4.78 is 46.5. The Hall–Kier alpha value is -2.26. The first kappa shape index (κ1) is 17.6. The van der Waals surface area contributed by atoms with Crippen LogP contribution in [0.25, 0.3) is 0 Å². The summed E-state index contributed by atoms with van der Waals surface area (Å²) in [7, 11) is -2.60. The molecule has 0 radical (unpaired) electrons. The highest BCUT2D eigenvalue weighted by molar-refractivity contribution is 7.89. The molecule has 0 spiro atoms. The van der Waals surface area contributed by atoms with Gasteiger partial charge in [-0.3, -0.25) is 4.79 Å². The molecule has 7 nitrogen and oxygen atoms in total. The van der Waals surface area contributed by atoms with E-state index in [9.17, 15) is 17.6 Å². The standard InChI is InChI=1S/C16H18FN3O4S/c1-24-15-6-4-12(10-13(15)17)25(22,23)18-8-9-20-16(21)7-5-14(19-20)11-2-3-11/h4-7,10-11,18H,2-3,8-9H2,1H3. The van der Waals surface area contributed by atoms with Crippen LogP contribution in [0.2, 0.25) is 0 Å². The van der Waals surface area contributed by atoms with Crippen LogP contribution in [0, 0.1) is 5.82 Å². The molecule has 9 heteroatoms. The molecule has 1 fully saturated rings. The lowest BCUT2D eigenvalue weighted by Gasteiger charge is -2.10. The summed E-state index contributed by atoms with van der Waals surface area (Å²) in [5.74, 6) is -0.405. The first-order valence-corrected chi connectivity index (χ1v) is 9.30. The van der Waals surface area contributed by atoms with Gasteiger partial charge in [0.15, 0.2) is 11.6 Å². The van der Waals surface area contributed by atoms with Gasteiger partial charge >= 0.3 is 0 Å². The van der Waals surface area contributed by atoms with Crippen LogP contribution >= 0.6 is 0 Å². The summed E-state index contributed by atoms with van der Waals surface area (Å²) in [6.45, 7) is 0.0638. The maximum Gasteiger partial charge on any atom is 0.266 e. The van der Waals surface area contributed by atoms with E-state index in [-0.39, 0.29) is 29.3 Å². The minimum Gasteiger partial charge on any atom is -0.494 e. The molecule has 1 aliphatic carbocycles. The number of ether oxygens (including phenoxy) is 1. The van der Waals surface area contributed by atoms with E-state index in [1.165, 1.54) is 30.0 Å². The van der Waals surface area contributed by atoms with E-state index in [1.807, 2.05) is 0 Å². The lowest BCUT2D eigenvalue weighted by Crippen LogP contribution is -2.32. The van der Waals surface area contributed by atoms with E-state index in [4.69, 9.17) is 4.74 Å². The molecule has 1 aliphatic rings. The number of aromatic nitrogens is 2. The monoisotopic (exact) mass is 367 g/mol. The topological polar surface area (TPSA) is 90.3 Å². The second kappa shape index (κ2) is 6.93. The third-order valence-corrected chi connectivity index (χ3v) is 5.39. The van der Waals surface area contributed by atoms with Crippen molar-refractivity contribution in [2.75, 3.05) is 13.7 Å². The predicted octanol–water partition coefficient (Wildman–Crippen LogP) is 1.25. The van der Waals surface area contributed by atoms with Gasteiger partial charge in [0.1, 0.15) is 0 Å². The Morgan fingerprint density at radius 2 is 2.08 bits per heavy atom. The number of nitrogens with one attached hydrogen (secondary N) is 1. The summed E-state index contributed by atoms with van der Waals surface area (Å²) in [4.78, 5) is 11.6. The number of nitrogens with zero attached hydrogens (tertiary/aromatic N) is 2. The molecule has 25 heavy (non-hydrogen) atoms. The quantitative estimate of drug-likeness (QED) is 0.795. The van der Waals surface area contributed by atoms with E-state index < -0.39 is 15.8 Å². The molecule has 2 aromatic rings. The van der Waals surface area contributed by atoms with Crippen molar-refractivity contribution in [2.45, 2.75) is 30.2 Å². The van der Waals surface area contributed by atoms with Crippen LogP contribution in [-0.4, -0.2) is 31.9 Å². The average molecular weight is 367 g/mol. The van der Waals surface area contributed by atoms with Gasteiger partial charge < -0.3 is 4.74 Å². The van der Waals surface area contributed by atoms with Crippen molar-refractivity contribution in [1.82, 2.24) is 14.5 Å². The number of hydrogen-bond acceptors (Lipinski definition) is 5. The maximum atomic E-state index is 13.7. The summed E-state index contributed by atoms with van der Waals surface area (Å²) in [5, 5.41) is 4.26. The van der Waals surface area contributed by atoms with Crippen molar-refractivity contribution in [3.63, 3.8) is 0 Å². The third kappa shape index (κ3) is 4.05. The molecule has 1 saturated carbocycles. The van der Waals surface area contributed by atoms with E-state index in [2.05, 4.69) is 9.82 Å². The van der Waals surface area contributed by atoms with Gasteiger partial charge in [-0.05, 0) is 37.1 Å². The second-order valence-electron chi connectivity index (χ2n) is 5.79. The minimum absolute atomic E-state index is 0.0307. The smallest absolute Gasteiger partial charge is 0.266 e. The van der Waals surface area contributed by atoms with Gasteiger partial charge in [0.25, 0.3) is 5.56 Å². The van der Waals surface area contributed by atoms with Crippen molar-refractivity contribution in [3.05, 3.63) is 52.2 Å². The van der Waals surface area contributed by atoms with Crippen LogP contribution in [0.4, 0.5) is 4.39 Å². The number of methoxy groups -OCH3 is 1. The highest BCUT2D eigenvalue weighted by atomic mass is 32.2. The van der Waals surface area contributed by atoms with Gasteiger partial charge in [-0.15, -0.1) is 0 Å². The van der Waals surface area contributed by atoms with Gasteiger partial charge in [-0.1, -0.05) is 0 Å².